The second-order valence-electron chi connectivity index (χ2n) is 7.40. The van der Waals surface area contributed by atoms with Crippen molar-refractivity contribution in [2.45, 2.75) is 19.6 Å². The van der Waals surface area contributed by atoms with Crippen LogP contribution in [-0.2, 0) is 29.2 Å². The lowest BCUT2D eigenvalue weighted by molar-refractivity contribution is -0.122. The molecule has 0 atom stereocenters. The van der Waals surface area contributed by atoms with E-state index in [0.717, 1.165) is 15.9 Å². The van der Waals surface area contributed by atoms with E-state index >= 15 is 0 Å². The maximum absolute atomic E-state index is 13.2. The van der Waals surface area contributed by atoms with E-state index in [1.807, 2.05) is 0 Å². The van der Waals surface area contributed by atoms with Gasteiger partial charge in [0, 0.05) is 23.9 Å². The van der Waals surface area contributed by atoms with Gasteiger partial charge in [0.15, 0.2) is 0 Å². The van der Waals surface area contributed by atoms with E-state index in [4.69, 9.17) is 13.9 Å². The summed E-state index contributed by atoms with van der Waals surface area (Å²) < 4.78 is 17.8. The quantitative estimate of drug-likeness (QED) is 0.359. The van der Waals surface area contributed by atoms with Crippen molar-refractivity contribution in [3.8, 4) is 11.5 Å². The zero-order valence-corrected chi connectivity index (χ0v) is 19.7. The van der Waals surface area contributed by atoms with E-state index in [0.29, 0.717) is 28.5 Å². The van der Waals surface area contributed by atoms with Crippen LogP contribution in [0.1, 0.15) is 5.76 Å². The Balaban J connectivity index is 1.58. The molecule has 0 bridgehead atoms. The molecule has 2 amide bonds. The second-order valence-corrected chi connectivity index (χ2v) is 8.32. The standard InChI is InChI=1S/C23H22N4O7S/c1-32-16-8-14(9-17(10-16)33-2)25-20(29)13-26-18-5-7-35-21(18)22(30)27(23(26)31)12-19(28)24-11-15-4-3-6-34-15/h3-10H,11-13H2,1-2H3,(H,24,28)(H,25,29). The number of rotatable bonds is 9. The van der Waals surface area contributed by atoms with E-state index in [-0.39, 0.29) is 17.8 Å². The molecule has 1 aromatic carbocycles. The largest absolute Gasteiger partial charge is 0.497 e. The number of carbonyl (C=O) groups excluding carboxylic acids is 2. The lowest BCUT2D eigenvalue weighted by Gasteiger charge is -2.13. The number of nitrogens with zero attached hydrogens (tertiary/aromatic N) is 2. The van der Waals surface area contributed by atoms with Gasteiger partial charge in [0.25, 0.3) is 5.56 Å². The number of amides is 2. The predicted molar refractivity (Wildman–Crippen MR) is 129 cm³/mol. The highest BCUT2D eigenvalue weighted by Crippen LogP contribution is 2.25. The Hall–Kier alpha value is -4.32. The summed E-state index contributed by atoms with van der Waals surface area (Å²) in [5.74, 6) is 0.429. The molecule has 0 saturated heterocycles. The minimum Gasteiger partial charge on any atom is -0.497 e. The van der Waals surface area contributed by atoms with Gasteiger partial charge < -0.3 is 24.5 Å². The number of anilines is 1. The van der Waals surface area contributed by atoms with Crippen molar-refractivity contribution in [2.24, 2.45) is 0 Å². The monoisotopic (exact) mass is 498 g/mol. The topological polar surface area (TPSA) is 134 Å². The van der Waals surface area contributed by atoms with Gasteiger partial charge in [-0.2, -0.15) is 0 Å². The predicted octanol–water partition coefficient (Wildman–Crippen LogP) is 1.79. The number of furan rings is 1. The van der Waals surface area contributed by atoms with E-state index in [9.17, 15) is 19.2 Å². The number of aromatic nitrogens is 2. The van der Waals surface area contributed by atoms with Crippen LogP contribution in [0.15, 0.2) is 62.0 Å². The van der Waals surface area contributed by atoms with E-state index in [2.05, 4.69) is 10.6 Å². The highest BCUT2D eigenvalue weighted by Gasteiger charge is 2.18. The average molecular weight is 499 g/mol. The Morgan fingerprint density at radius 1 is 1.00 bits per heavy atom. The number of fused-ring (bicyclic) bond motifs is 1. The SMILES string of the molecule is COc1cc(NC(=O)Cn2c(=O)n(CC(=O)NCc3ccco3)c(=O)c3sccc32)cc(OC)c1. The van der Waals surface area contributed by atoms with Crippen LogP contribution in [0, 0.1) is 0 Å². The molecule has 3 aromatic heterocycles. The minimum atomic E-state index is -0.771. The van der Waals surface area contributed by atoms with Gasteiger partial charge in [-0.15, -0.1) is 11.3 Å². The molecule has 4 rings (SSSR count). The second kappa shape index (κ2) is 10.3. The first-order valence-corrected chi connectivity index (χ1v) is 11.3. The number of nitrogens with one attached hydrogen (secondary N) is 2. The van der Waals surface area contributed by atoms with Crippen molar-refractivity contribution in [1.29, 1.82) is 0 Å². The highest BCUT2D eigenvalue weighted by molar-refractivity contribution is 7.17. The Morgan fingerprint density at radius 3 is 2.37 bits per heavy atom. The van der Waals surface area contributed by atoms with Crippen molar-refractivity contribution >= 4 is 39.1 Å². The number of hydrogen-bond acceptors (Lipinski definition) is 8. The maximum Gasteiger partial charge on any atom is 0.332 e. The normalized spacial score (nSPS) is 10.8. The van der Waals surface area contributed by atoms with E-state index < -0.39 is 29.6 Å². The van der Waals surface area contributed by atoms with Gasteiger partial charge in [0.2, 0.25) is 11.8 Å². The molecule has 0 radical (unpaired) electrons. The van der Waals surface area contributed by atoms with Crippen LogP contribution >= 0.6 is 11.3 Å². The van der Waals surface area contributed by atoms with Gasteiger partial charge in [-0.05, 0) is 23.6 Å². The summed E-state index contributed by atoms with van der Waals surface area (Å²) in [7, 11) is 2.97. The minimum absolute atomic E-state index is 0.114. The van der Waals surface area contributed by atoms with Crippen molar-refractivity contribution in [3.63, 3.8) is 0 Å². The fourth-order valence-corrected chi connectivity index (χ4v) is 4.29. The molecule has 0 saturated carbocycles. The zero-order chi connectivity index (χ0) is 24.9. The molecular weight excluding hydrogens is 476 g/mol. The first-order chi connectivity index (χ1) is 16.9. The highest BCUT2D eigenvalue weighted by atomic mass is 32.1. The number of methoxy groups -OCH3 is 2. The van der Waals surface area contributed by atoms with Crippen molar-refractivity contribution in [3.05, 3.63) is 74.6 Å². The van der Waals surface area contributed by atoms with Crippen LogP contribution in [-0.4, -0.2) is 35.2 Å². The number of carbonyl (C=O) groups is 2. The Kier molecular flexibility index (Phi) is 7.01. The van der Waals surface area contributed by atoms with Gasteiger partial charge in [0.1, 0.15) is 35.0 Å². The molecule has 0 spiro atoms. The van der Waals surface area contributed by atoms with Crippen LogP contribution in [0.2, 0.25) is 0 Å². The summed E-state index contributed by atoms with van der Waals surface area (Å²) >= 11 is 1.13. The zero-order valence-electron chi connectivity index (χ0n) is 18.9. The molecular formula is C23H22N4O7S. The summed E-state index contributed by atoms with van der Waals surface area (Å²) in [4.78, 5) is 51.3. The molecule has 4 aromatic rings. The fraction of sp³-hybridized carbons (Fsp3) is 0.217. The lowest BCUT2D eigenvalue weighted by atomic mass is 10.2. The maximum atomic E-state index is 13.2. The molecule has 0 aliphatic carbocycles. The number of thiophene rings is 1. The summed E-state index contributed by atoms with van der Waals surface area (Å²) in [5.41, 5.74) is -0.642. The van der Waals surface area contributed by atoms with Gasteiger partial charge in [-0.3, -0.25) is 19.0 Å². The molecule has 11 nitrogen and oxygen atoms in total. The van der Waals surface area contributed by atoms with Gasteiger partial charge in [0.05, 0.1) is 32.5 Å². The van der Waals surface area contributed by atoms with Gasteiger partial charge in [-0.25, -0.2) is 9.36 Å². The molecule has 2 N–H and O–H groups in total. The fourth-order valence-electron chi connectivity index (χ4n) is 3.45. The third-order valence-electron chi connectivity index (χ3n) is 5.11. The average Bonchev–Trinajstić information content (AvgIpc) is 3.55. The van der Waals surface area contributed by atoms with Crippen LogP contribution in [0.3, 0.4) is 0 Å². The van der Waals surface area contributed by atoms with Crippen molar-refractivity contribution in [1.82, 2.24) is 14.5 Å². The third kappa shape index (κ3) is 5.27. The van der Waals surface area contributed by atoms with Gasteiger partial charge in [-0.1, -0.05) is 0 Å². The molecule has 0 unspecified atom stereocenters. The first kappa shape index (κ1) is 23.8. The summed E-state index contributed by atoms with van der Waals surface area (Å²) in [6, 6.07) is 9.82. The summed E-state index contributed by atoms with van der Waals surface area (Å²) in [6.07, 6.45) is 1.47. The van der Waals surface area contributed by atoms with Crippen LogP contribution in [0.25, 0.3) is 10.2 Å². The third-order valence-corrected chi connectivity index (χ3v) is 6.01. The summed E-state index contributed by atoms with van der Waals surface area (Å²) in [6.45, 7) is -0.761. The van der Waals surface area contributed by atoms with E-state index in [1.54, 1.807) is 41.8 Å². The first-order valence-electron chi connectivity index (χ1n) is 10.4. The number of benzene rings is 1. The Labute approximate surface area is 202 Å². The molecule has 0 aliphatic heterocycles. The molecule has 0 aliphatic rings. The Bertz CT molecular complexity index is 1460. The molecule has 35 heavy (non-hydrogen) atoms. The number of hydrogen-bond donors (Lipinski definition) is 2. The number of ether oxygens (including phenoxy) is 2. The summed E-state index contributed by atoms with van der Waals surface area (Å²) in [5, 5.41) is 6.95. The smallest absolute Gasteiger partial charge is 0.332 e. The van der Waals surface area contributed by atoms with Crippen LogP contribution < -0.4 is 31.4 Å². The van der Waals surface area contributed by atoms with Crippen molar-refractivity contribution < 1.29 is 23.5 Å². The lowest BCUT2D eigenvalue weighted by Crippen LogP contribution is -2.44. The molecule has 182 valence electrons. The van der Waals surface area contributed by atoms with Crippen molar-refractivity contribution in [2.75, 3.05) is 19.5 Å². The van der Waals surface area contributed by atoms with Gasteiger partial charge >= 0.3 is 5.69 Å². The molecule has 0 fully saturated rings. The van der Waals surface area contributed by atoms with E-state index in [1.165, 1.54) is 25.0 Å². The Morgan fingerprint density at radius 2 is 1.71 bits per heavy atom. The van der Waals surface area contributed by atoms with Crippen LogP contribution in [0.4, 0.5) is 5.69 Å². The van der Waals surface area contributed by atoms with Crippen LogP contribution in [0.5, 0.6) is 11.5 Å². The molecule has 3 heterocycles. The molecule has 12 heteroatoms.